The molecule has 2 nitrogen and oxygen atoms in total. The third kappa shape index (κ3) is 1.83. The van der Waals surface area contributed by atoms with Gasteiger partial charge in [0.2, 0.25) is 0 Å². The number of ether oxygens (including phenoxy) is 1. The minimum atomic E-state index is 0.703. The van der Waals surface area contributed by atoms with Crippen LogP contribution in [0.25, 0.3) is 0 Å². The molecule has 0 bridgehead atoms. The largest absolute Gasteiger partial charge is 0.385 e. The first kappa shape index (κ1) is 8.57. The van der Waals surface area contributed by atoms with Crippen LogP contribution >= 0.6 is 0 Å². The molecule has 0 unspecified atom stereocenters. The van der Waals surface area contributed by atoms with Crippen LogP contribution in [0.4, 0.5) is 5.69 Å². The van der Waals surface area contributed by atoms with Crippen LogP contribution in [0.3, 0.4) is 0 Å². The van der Waals surface area contributed by atoms with Crippen molar-refractivity contribution in [3.05, 3.63) is 29.3 Å². The standard InChI is InChI=1S/C11H15NO/c1-13-8-9-4-5-10-3-2-6-12-11(10)7-9/h4-5,7,12H,2-3,6,8H2,1H3. The summed E-state index contributed by atoms with van der Waals surface area (Å²) in [6.45, 7) is 1.80. The second-order valence-electron chi connectivity index (χ2n) is 3.45. The van der Waals surface area contributed by atoms with Crippen molar-refractivity contribution in [1.29, 1.82) is 0 Å². The maximum absolute atomic E-state index is 5.09. The molecule has 1 aromatic carbocycles. The Hall–Kier alpha value is -1.02. The molecule has 0 fully saturated rings. The predicted octanol–water partition coefficient (Wildman–Crippen LogP) is 2.19. The highest BCUT2D eigenvalue weighted by atomic mass is 16.5. The SMILES string of the molecule is COCc1ccc2c(c1)NCCC2. The summed E-state index contributed by atoms with van der Waals surface area (Å²) in [5.41, 5.74) is 3.97. The van der Waals surface area contributed by atoms with E-state index < -0.39 is 0 Å². The molecule has 0 spiro atoms. The van der Waals surface area contributed by atoms with Crippen LogP contribution < -0.4 is 5.32 Å². The molecule has 1 aromatic rings. The fraction of sp³-hybridized carbons (Fsp3) is 0.455. The number of benzene rings is 1. The topological polar surface area (TPSA) is 21.3 Å². The van der Waals surface area contributed by atoms with Gasteiger partial charge in [-0.1, -0.05) is 12.1 Å². The molecule has 1 aliphatic rings. The van der Waals surface area contributed by atoms with Crippen LogP contribution in [0.15, 0.2) is 18.2 Å². The van der Waals surface area contributed by atoms with Crippen molar-refractivity contribution in [3.63, 3.8) is 0 Å². The molecule has 0 saturated carbocycles. The van der Waals surface area contributed by atoms with Gasteiger partial charge in [0.15, 0.2) is 0 Å². The molecule has 2 rings (SSSR count). The number of anilines is 1. The first-order chi connectivity index (χ1) is 6.40. The highest BCUT2D eigenvalue weighted by Gasteiger charge is 2.07. The van der Waals surface area contributed by atoms with Gasteiger partial charge in [-0.15, -0.1) is 0 Å². The second kappa shape index (κ2) is 3.79. The monoisotopic (exact) mass is 177 g/mol. The molecule has 13 heavy (non-hydrogen) atoms. The van der Waals surface area contributed by atoms with Gasteiger partial charge in [0.1, 0.15) is 0 Å². The number of nitrogens with one attached hydrogen (secondary N) is 1. The summed E-state index contributed by atoms with van der Waals surface area (Å²) < 4.78 is 5.09. The third-order valence-corrected chi connectivity index (χ3v) is 2.42. The van der Waals surface area contributed by atoms with E-state index in [0.717, 1.165) is 6.54 Å². The van der Waals surface area contributed by atoms with E-state index in [1.165, 1.54) is 29.7 Å². The fourth-order valence-corrected chi connectivity index (χ4v) is 1.76. The van der Waals surface area contributed by atoms with E-state index in [2.05, 4.69) is 23.5 Å². The lowest BCUT2D eigenvalue weighted by atomic mass is 10.0. The minimum absolute atomic E-state index is 0.703. The van der Waals surface area contributed by atoms with Crippen molar-refractivity contribution in [3.8, 4) is 0 Å². The Labute approximate surface area is 78.9 Å². The molecule has 0 atom stereocenters. The van der Waals surface area contributed by atoms with Crippen LogP contribution in [0.2, 0.25) is 0 Å². The maximum atomic E-state index is 5.09. The quantitative estimate of drug-likeness (QED) is 0.747. The van der Waals surface area contributed by atoms with Crippen LogP contribution in [0, 0.1) is 0 Å². The number of hydrogen-bond acceptors (Lipinski definition) is 2. The lowest BCUT2D eigenvalue weighted by molar-refractivity contribution is 0.185. The van der Waals surface area contributed by atoms with Crippen molar-refractivity contribution < 1.29 is 4.74 Å². The molecule has 0 radical (unpaired) electrons. The van der Waals surface area contributed by atoms with Crippen LogP contribution in [-0.2, 0) is 17.8 Å². The smallest absolute Gasteiger partial charge is 0.0713 e. The molecular formula is C11H15NO. The number of rotatable bonds is 2. The average molecular weight is 177 g/mol. The molecule has 0 saturated heterocycles. The van der Waals surface area contributed by atoms with Crippen LogP contribution in [0.5, 0.6) is 0 Å². The fourth-order valence-electron chi connectivity index (χ4n) is 1.76. The molecule has 2 heteroatoms. The van der Waals surface area contributed by atoms with Gasteiger partial charge >= 0.3 is 0 Å². The van der Waals surface area contributed by atoms with Gasteiger partial charge in [-0.05, 0) is 30.0 Å². The van der Waals surface area contributed by atoms with Gasteiger partial charge in [0, 0.05) is 19.3 Å². The lowest BCUT2D eigenvalue weighted by Gasteiger charge is -2.18. The Kier molecular flexibility index (Phi) is 2.50. The van der Waals surface area contributed by atoms with E-state index in [4.69, 9.17) is 4.74 Å². The summed E-state index contributed by atoms with van der Waals surface area (Å²) in [7, 11) is 1.73. The molecule has 0 aromatic heterocycles. The zero-order valence-corrected chi connectivity index (χ0v) is 7.97. The van der Waals surface area contributed by atoms with Crippen LogP contribution in [0.1, 0.15) is 17.5 Å². The molecule has 0 amide bonds. The van der Waals surface area contributed by atoms with E-state index in [0.29, 0.717) is 6.61 Å². The normalized spacial score (nSPS) is 14.8. The Morgan fingerprint density at radius 1 is 1.46 bits per heavy atom. The lowest BCUT2D eigenvalue weighted by Crippen LogP contribution is -2.11. The molecule has 1 aliphatic heterocycles. The second-order valence-corrected chi connectivity index (χ2v) is 3.45. The first-order valence-corrected chi connectivity index (χ1v) is 4.75. The highest BCUT2D eigenvalue weighted by molar-refractivity contribution is 5.54. The highest BCUT2D eigenvalue weighted by Crippen LogP contribution is 2.23. The van der Waals surface area contributed by atoms with Gasteiger partial charge in [-0.2, -0.15) is 0 Å². The summed E-state index contributed by atoms with van der Waals surface area (Å²) >= 11 is 0. The Morgan fingerprint density at radius 2 is 2.38 bits per heavy atom. The summed E-state index contributed by atoms with van der Waals surface area (Å²) in [6.07, 6.45) is 2.45. The zero-order valence-electron chi connectivity index (χ0n) is 7.97. The summed E-state index contributed by atoms with van der Waals surface area (Å²) in [4.78, 5) is 0. The summed E-state index contributed by atoms with van der Waals surface area (Å²) in [5.74, 6) is 0. The summed E-state index contributed by atoms with van der Waals surface area (Å²) in [5, 5.41) is 3.41. The average Bonchev–Trinajstić information content (AvgIpc) is 2.18. The van der Waals surface area contributed by atoms with E-state index in [-0.39, 0.29) is 0 Å². The Morgan fingerprint density at radius 3 is 3.23 bits per heavy atom. The van der Waals surface area contributed by atoms with Crippen molar-refractivity contribution >= 4 is 5.69 Å². The number of fused-ring (bicyclic) bond motifs is 1. The molecule has 1 heterocycles. The zero-order chi connectivity index (χ0) is 9.10. The van der Waals surface area contributed by atoms with Crippen molar-refractivity contribution in [1.82, 2.24) is 0 Å². The summed E-state index contributed by atoms with van der Waals surface area (Å²) in [6, 6.07) is 6.54. The first-order valence-electron chi connectivity index (χ1n) is 4.75. The third-order valence-electron chi connectivity index (χ3n) is 2.42. The van der Waals surface area contributed by atoms with Crippen molar-refractivity contribution in [2.45, 2.75) is 19.4 Å². The molecule has 1 N–H and O–H groups in total. The maximum Gasteiger partial charge on any atom is 0.0713 e. The van der Waals surface area contributed by atoms with Gasteiger partial charge in [-0.25, -0.2) is 0 Å². The van der Waals surface area contributed by atoms with E-state index in [1.54, 1.807) is 7.11 Å². The van der Waals surface area contributed by atoms with E-state index in [9.17, 15) is 0 Å². The molecule has 70 valence electrons. The van der Waals surface area contributed by atoms with Gasteiger partial charge in [0.05, 0.1) is 6.61 Å². The van der Waals surface area contributed by atoms with Crippen molar-refractivity contribution in [2.24, 2.45) is 0 Å². The minimum Gasteiger partial charge on any atom is -0.385 e. The molecule has 0 aliphatic carbocycles. The van der Waals surface area contributed by atoms with E-state index in [1.807, 2.05) is 0 Å². The Balaban J connectivity index is 2.24. The van der Waals surface area contributed by atoms with Crippen molar-refractivity contribution in [2.75, 3.05) is 19.0 Å². The predicted molar refractivity (Wildman–Crippen MR) is 54.0 cm³/mol. The number of aryl methyl sites for hydroxylation is 1. The van der Waals surface area contributed by atoms with E-state index >= 15 is 0 Å². The number of hydrogen-bond donors (Lipinski definition) is 1. The Bertz CT molecular complexity index is 296. The van der Waals surface area contributed by atoms with Crippen LogP contribution in [-0.4, -0.2) is 13.7 Å². The number of methoxy groups -OCH3 is 1. The van der Waals surface area contributed by atoms with Gasteiger partial charge in [0.25, 0.3) is 0 Å². The molecular weight excluding hydrogens is 162 g/mol. The van der Waals surface area contributed by atoms with Gasteiger partial charge < -0.3 is 10.1 Å². The van der Waals surface area contributed by atoms with Gasteiger partial charge in [-0.3, -0.25) is 0 Å².